The second-order valence-electron chi connectivity index (χ2n) is 5.20. The largest absolute Gasteiger partial charge is 0.493 e. The molecule has 0 amide bonds. The Morgan fingerprint density at radius 1 is 1.40 bits per heavy atom. The molecule has 1 atom stereocenters. The van der Waals surface area contributed by atoms with Crippen LogP contribution in [0.5, 0.6) is 11.5 Å². The van der Waals surface area contributed by atoms with Crippen LogP contribution in [0.1, 0.15) is 50.5 Å². The van der Waals surface area contributed by atoms with Crippen molar-refractivity contribution in [3.8, 4) is 11.5 Å². The second-order valence-corrected chi connectivity index (χ2v) is 5.20. The summed E-state index contributed by atoms with van der Waals surface area (Å²) in [4.78, 5) is 11.4. The van der Waals surface area contributed by atoms with Gasteiger partial charge in [-0.25, -0.2) is 0 Å². The third kappa shape index (κ3) is 3.06. The van der Waals surface area contributed by atoms with Gasteiger partial charge in [0.1, 0.15) is 0 Å². The van der Waals surface area contributed by atoms with Gasteiger partial charge in [-0.05, 0) is 38.2 Å². The summed E-state index contributed by atoms with van der Waals surface area (Å²) in [5, 5.41) is 9.38. The second kappa shape index (κ2) is 6.64. The van der Waals surface area contributed by atoms with Gasteiger partial charge in [-0.1, -0.05) is 19.1 Å². The number of carboxylic acids is 1. The fourth-order valence-electron chi connectivity index (χ4n) is 2.79. The number of benzene rings is 1. The molecule has 0 aliphatic heterocycles. The number of aliphatic carboxylic acids is 1. The van der Waals surface area contributed by atoms with E-state index in [2.05, 4.69) is 0 Å². The Morgan fingerprint density at radius 3 is 2.65 bits per heavy atom. The van der Waals surface area contributed by atoms with Crippen molar-refractivity contribution < 1.29 is 19.4 Å². The Labute approximate surface area is 119 Å². The molecule has 4 nitrogen and oxygen atoms in total. The summed E-state index contributed by atoms with van der Waals surface area (Å²) in [6.45, 7) is 1.87. The zero-order valence-electron chi connectivity index (χ0n) is 12.1. The molecule has 1 N–H and O–H groups in total. The molecule has 4 heteroatoms. The van der Waals surface area contributed by atoms with E-state index < -0.39 is 11.9 Å². The van der Waals surface area contributed by atoms with Gasteiger partial charge < -0.3 is 14.6 Å². The van der Waals surface area contributed by atoms with Crippen molar-refractivity contribution in [2.45, 2.75) is 51.0 Å². The lowest BCUT2D eigenvalue weighted by Crippen LogP contribution is -2.17. The van der Waals surface area contributed by atoms with Crippen molar-refractivity contribution in [1.82, 2.24) is 0 Å². The van der Waals surface area contributed by atoms with Crippen LogP contribution in [-0.2, 0) is 4.79 Å². The van der Waals surface area contributed by atoms with Crippen molar-refractivity contribution in [2.75, 3.05) is 7.11 Å². The van der Waals surface area contributed by atoms with Gasteiger partial charge in [-0.15, -0.1) is 0 Å². The number of rotatable bonds is 6. The molecule has 110 valence electrons. The molecule has 20 heavy (non-hydrogen) atoms. The van der Waals surface area contributed by atoms with E-state index in [1.165, 1.54) is 12.8 Å². The highest BCUT2D eigenvalue weighted by Gasteiger charge is 2.26. The predicted molar refractivity (Wildman–Crippen MR) is 76.5 cm³/mol. The molecule has 0 heterocycles. The Bertz CT molecular complexity index is 464. The number of methoxy groups -OCH3 is 1. The average molecular weight is 278 g/mol. The molecule has 1 unspecified atom stereocenters. The third-order valence-corrected chi connectivity index (χ3v) is 3.90. The zero-order valence-corrected chi connectivity index (χ0v) is 12.1. The van der Waals surface area contributed by atoms with Crippen LogP contribution in [0, 0.1) is 0 Å². The van der Waals surface area contributed by atoms with Gasteiger partial charge in [-0.2, -0.15) is 0 Å². The van der Waals surface area contributed by atoms with Crippen molar-refractivity contribution in [3.63, 3.8) is 0 Å². The minimum absolute atomic E-state index is 0.177. The van der Waals surface area contributed by atoms with Crippen molar-refractivity contribution in [2.24, 2.45) is 0 Å². The van der Waals surface area contributed by atoms with E-state index in [1.807, 2.05) is 25.1 Å². The summed E-state index contributed by atoms with van der Waals surface area (Å²) in [6.07, 6.45) is 5.11. The molecule has 1 aromatic carbocycles. The molecule has 0 bridgehead atoms. The van der Waals surface area contributed by atoms with Crippen molar-refractivity contribution >= 4 is 5.97 Å². The van der Waals surface area contributed by atoms with E-state index >= 15 is 0 Å². The maximum Gasteiger partial charge on any atom is 0.311 e. The van der Waals surface area contributed by atoms with Crippen LogP contribution in [0.4, 0.5) is 0 Å². The summed E-state index contributed by atoms with van der Waals surface area (Å²) in [5.41, 5.74) is 0.714. The molecule has 0 saturated heterocycles. The van der Waals surface area contributed by atoms with Gasteiger partial charge in [0.15, 0.2) is 11.5 Å². The molecule has 1 aromatic rings. The quantitative estimate of drug-likeness (QED) is 0.864. The number of ether oxygens (including phenoxy) is 2. The number of hydrogen-bond donors (Lipinski definition) is 1. The monoisotopic (exact) mass is 278 g/mol. The van der Waals surface area contributed by atoms with Crippen LogP contribution in [0.15, 0.2) is 18.2 Å². The fourth-order valence-corrected chi connectivity index (χ4v) is 2.79. The van der Waals surface area contributed by atoms with E-state index in [0.29, 0.717) is 23.5 Å². The van der Waals surface area contributed by atoms with Crippen molar-refractivity contribution in [3.05, 3.63) is 23.8 Å². The van der Waals surface area contributed by atoms with Crippen LogP contribution in [0.3, 0.4) is 0 Å². The van der Waals surface area contributed by atoms with Gasteiger partial charge in [0.25, 0.3) is 0 Å². The molecule has 1 aliphatic carbocycles. The molecule has 0 aromatic heterocycles. The first kappa shape index (κ1) is 14.7. The molecule has 0 spiro atoms. The molecule has 2 rings (SSSR count). The smallest absolute Gasteiger partial charge is 0.311 e. The first-order chi connectivity index (χ1) is 9.67. The molecule has 0 radical (unpaired) electrons. The highest BCUT2D eigenvalue weighted by atomic mass is 16.5. The highest BCUT2D eigenvalue weighted by molar-refractivity contribution is 5.77. The van der Waals surface area contributed by atoms with E-state index in [9.17, 15) is 9.90 Å². The summed E-state index contributed by atoms with van der Waals surface area (Å²) < 4.78 is 11.4. The topological polar surface area (TPSA) is 55.8 Å². The number of carboxylic acid groups (broad SMARTS) is 1. The van der Waals surface area contributed by atoms with E-state index in [1.54, 1.807) is 7.11 Å². The van der Waals surface area contributed by atoms with Crippen LogP contribution < -0.4 is 9.47 Å². The molecule has 1 fully saturated rings. The van der Waals surface area contributed by atoms with Gasteiger partial charge in [-0.3, -0.25) is 4.79 Å². The van der Waals surface area contributed by atoms with E-state index in [0.717, 1.165) is 12.8 Å². The van der Waals surface area contributed by atoms with Crippen LogP contribution in [-0.4, -0.2) is 24.3 Å². The molecule has 1 saturated carbocycles. The summed E-state index contributed by atoms with van der Waals surface area (Å²) in [6, 6.07) is 5.47. The van der Waals surface area contributed by atoms with Crippen molar-refractivity contribution in [1.29, 1.82) is 0 Å². The highest BCUT2D eigenvalue weighted by Crippen LogP contribution is 2.39. The van der Waals surface area contributed by atoms with Gasteiger partial charge in [0.05, 0.1) is 19.1 Å². The van der Waals surface area contributed by atoms with E-state index in [4.69, 9.17) is 9.47 Å². The summed E-state index contributed by atoms with van der Waals surface area (Å²) in [5.74, 6) is -0.149. The Hall–Kier alpha value is -1.71. The zero-order chi connectivity index (χ0) is 14.5. The molecule has 1 aliphatic rings. The van der Waals surface area contributed by atoms with Crippen LogP contribution in [0.2, 0.25) is 0 Å². The normalized spacial score (nSPS) is 16.9. The maximum absolute atomic E-state index is 11.4. The lowest BCUT2D eigenvalue weighted by atomic mass is 9.95. The number of para-hydroxylation sites is 1. The third-order valence-electron chi connectivity index (χ3n) is 3.90. The van der Waals surface area contributed by atoms with E-state index in [-0.39, 0.29) is 6.10 Å². The predicted octanol–water partition coefficient (Wildman–Crippen LogP) is 3.59. The maximum atomic E-state index is 11.4. The Kier molecular flexibility index (Phi) is 4.88. The van der Waals surface area contributed by atoms with Crippen LogP contribution >= 0.6 is 0 Å². The first-order valence-electron chi connectivity index (χ1n) is 7.23. The number of hydrogen-bond acceptors (Lipinski definition) is 3. The first-order valence-corrected chi connectivity index (χ1v) is 7.23. The minimum Gasteiger partial charge on any atom is -0.493 e. The Morgan fingerprint density at radius 2 is 2.10 bits per heavy atom. The van der Waals surface area contributed by atoms with Gasteiger partial charge in [0, 0.05) is 5.56 Å². The SMILES string of the molecule is CCC(C(=O)O)c1cccc(OC)c1OC1CCCC1. The standard InChI is InChI=1S/C16H22O4/c1-3-12(16(17)18)13-9-6-10-14(19-2)15(13)20-11-7-4-5-8-11/h6,9-12H,3-5,7-8H2,1-2H3,(H,17,18). The Balaban J connectivity index is 2.36. The number of carbonyl (C=O) groups is 1. The van der Waals surface area contributed by atoms with Crippen LogP contribution in [0.25, 0.3) is 0 Å². The molecular formula is C16H22O4. The lowest BCUT2D eigenvalue weighted by Gasteiger charge is -2.21. The van der Waals surface area contributed by atoms with Gasteiger partial charge >= 0.3 is 5.97 Å². The minimum atomic E-state index is -0.822. The average Bonchev–Trinajstić information content (AvgIpc) is 2.93. The lowest BCUT2D eigenvalue weighted by molar-refractivity contribution is -0.138. The summed E-state index contributed by atoms with van der Waals surface area (Å²) in [7, 11) is 1.59. The molecular weight excluding hydrogens is 256 g/mol. The van der Waals surface area contributed by atoms with Gasteiger partial charge in [0.2, 0.25) is 0 Å². The summed E-state index contributed by atoms with van der Waals surface area (Å²) >= 11 is 0. The fraction of sp³-hybridized carbons (Fsp3) is 0.562.